The minimum Gasteiger partial charge on any atom is -0.338 e. The van der Waals surface area contributed by atoms with E-state index in [0.29, 0.717) is 31.7 Å². The molecule has 1 fully saturated rings. The van der Waals surface area contributed by atoms with Gasteiger partial charge >= 0.3 is 0 Å². The number of aryl methyl sites for hydroxylation is 1. The number of likely N-dealkylation sites (tertiary alicyclic amines) is 1. The quantitative estimate of drug-likeness (QED) is 0.705. The Bertz CT molecular complexity index is 783. The molecule has 1 unspecified atom stereocenters. The van der Waals surface area contributed by atoms with Crippen molar-refractivity contribution in [3.63, 3.8) is 0 Å². The zero-order valence-electron chi connectivity index (χ0n) is 15.8. The van der Waals surface area contributed by atoms with Gasteiger partial charge in [-0.05, 0) is 43.3 Å². The predicted octanol–water partition coefficient (Wildman–Crippen LogP) is 4.12. The number of rotatable bonds is 6. The van der Waals surface area contributed by atoms with Crippen molar-refractivity contribution >= 4 is 23.2 Å². The molecule has 142 valence electrons. The summed E-state index contributed by atoms with van der Waals surface area (Å²) in [7, 11) is 0. The van der Waals surface area contributed by atoms with E-state index in [0.717, 1.165) is 23.3 Å². The van der Waals surface area contributed by atoms with Crippen molar-refractivity contribution in [1.29, 1.82) is 0 Å². The number of nitrogens with zero attached hydrogens (tertiary/aromatic N) is 2. The van der Waals surface area contributed by atoms with Crippen LogP contribution >= 0.6 is 11.3 Å². The largest absolute Gasteiger partial charge is 0.338 e. The van der Waals surface area contributed by atoms with Crippen LogP contribution in [0.3, 0.4) is 0 Å². The molecule has 4 nitrogen and oxygen atoms in total. The molecule has 3 rings (SSSR count). The fourth-order valence-electron chi connectivity index (χ4n) is 3.48. The van der Waals surface area contributed by atoms with Gasteiger partial charge in [-0.25, -0.2) is 0 Å². The fraction of sp³-hybridized carbons (Fsp3) is 0.364. The second kappa shape index (κ2) is 9.00. The maximum absolute atomic E-state index is 13.1. The van der Waals surface area contributed by atoms with Crippen LogP contribution in [0.4, 0.5) is 0 Å². The molecule has 1 aliphatic rings. The monoisotopic (exact) mass is 382 g/mol. The molecule has 0 aliphatic carbocycles. The molecule has 0 N–H and O–H groups in total. The Morgan fingerprint density at radius 1 is 1.30 bits per heavy atom. The van der Waals surface area contributed by atoms with Crippen molar-refractivity contribution in [2.24, 2.45) is 5.92 Å². The van der Waals surface area contributed by atoms with E-state index in [-0.39, 0.29) is 17.7 Å². The zero-order valence-corrected chi connectivity index (χ0v) is 16.6. The van der Waals surface area contributed by atoms with Crippen LogP contribution in [-0.4, -0.2) is 41.2 Å². The van der Waals surface area contributed by atoms with Gasteiger partial charge in [0.05, 0.1) is 12.5 Å². The van der Waals surface area contributed by atoms with Gasteiger partial charge < -0.3 is 9.80 Å². The normalized spacial score (nSPS) is 16.8. The number of piperidine rings is 1. The lowest BCUT2D eigenvalue weighted by Gasteiger charge is -2.34. The van der Waals surface area contributed by atoms with Crippen LogP contribution in [0, 0.1) is 12.8 Å². The Labute approximate surface area is 165 Å². The Kier molecular flexibility index (Phi) is 6.45. The highest BCUT2D eigenvalue weighted by molar-refractivity contribution is 7.09. The van der Waals surface area contributed by atoms with Gasteiger partial charge in [0.25, 0.3) is 5.91 Å². The Balaban J connectivity index is 1.68. The summed E-state index contributed by atoms with van der Waals surface area (Å²) in [5, 5.41) is 2.02. The Morgan fingerprint density at radius 3 is 2.74 bits per heavy atom. The van der Waals surface area contributed by atoms with E-state index in [1.807, 2.05) is 58.5 Å². The molecule has 0 saturated carbocycles. The number of hydrogen-bond donors (Lipinski definition) is 0. The van der Waals surface area contributed by atoms with Crippen molar-refractivity contribution in [2.45, 2.75) is 26.3 Å². The summed E-state index contributed by atoms with van der Waals surface area (Å²) in [5.41, 5.74) is 1.82. The first-order valence-corrected chi connectivity index (χ1v) is 10.2. The Hall–Kier alpha value is -2.40. The number of thiophene rings is 1. The van der Waals surface area contributed by atoms with Crippen LogP contribution in [0.5, 0.6) is 0 Å². The van der Waals surface area contributed by atoms with Gasteiger partial charge in [0.15, 0.2) is 0 Å². The van der Waals surface area contributed by atoms with E-state index in [2.05, 4.69) is 6.58 Å². The van der Waals surface area contributed by atoms with Gasteiger partial charge in [-0.3, -0.25) is 9.59 Å². The second-order valence-electron chi connectivity index (χ2n) is 7.04. The van der Waals surface area contributed by atoms with Gasteiger partial charge in [0, 0.05) is 30.1 Å². The minimum absolute atomic E-state index is 0.0148. The van der Waals surface area contributed by atoms with Crippen molar-refractivity contribution in [3.8, 4) is 0 Å². The first kappa shape index (κ1) is 19.4. The van der Waals surface area contributed by atoms with Crippen molar-refractivity contribution in [3.05, 3.63) is 70.4 Å². The number of carbonyl (C=O) groups excluding carboxylic acids is 2. The first-order chi connectivity index (χ1) is 13.1. The summed E-state index contributed by atoms with van der Waals surface area (Å²) in [5.74, 6) is -0.0150. The number of benzene rings is 1. The standard InChI is InChI=1S/C22H26N2O2S/c1-3-12-23(16-20-7-5-14-27-20)22(26)19-6-4-13-24(15-19)21(25)18-10-8-17(2)9-11-18/h3,5,7-11,14,19H,1,4,6,12-13,15-16H2,2H3. The number of carbonyl (C=O) groups is 2. The smallest absolute Gasteiger partial charge is 0.253 e. The van der Waals surface area contributed by atoms with Crippen molar-refractivity contribution in [2.75, 3.05) is 19.6 Å². The highest BCUT2D eigenvalue weighted by atomic mass is 32.1. The maximum Gasteiger partial charge on any atom is 0.253 e. The number of amides is 2. The molecule has 5 heteroatoms. The van der Waals surface area contributed by atoms with Gasteiger partial charge in [-0.15, -0.1) is 17.9 Å². The molecule has 27 heavy (non-hydrogen) atoms. The lowest BCUT2D eigenvalue weighted by molar-refractivity contribution is -0.137. The lowest BCUT2D eigenvalue weighted by Crippen LogP contribution is -2.46. The SMILES string of the molecule is C=CCN(Cc1cccs1)C(=O)C1CCCN(C(=O)c2ccc(C)cc2)C1. The fourth-order valence-corrected chi connectivity index (χ4v) is 4.20. The topological polar surface area (TPSA) is 40.6 Å². The van der Waals surface area contributed by atoms with Crippen LogP contribution in [0.15, 0.2) is 54.4 Å². The van der Waals surface area contributed by atoms with E-state index < -0.39 is 0 Å². The summed E-state index contributed by atoms with van der Waals surface area (Å²) in [6.45, 7) is 8.13. The first-order valence-electron chi connectivity index (χ1n) is 9.36. The maximum atomic E-state index is 13.1. The predicted molar refractivity (Wildman–Crippen MR) is 110 cm³/mol. The van der Waals surface area contributed by atoms with E-state index in [9.17, 15) is 9.59 Å². The second-order valence-corrected chi connectivity index (χ2v) is 8.08. The molecule has 2 heterocycles. The van der Waals surface area contributed by atoms with Gasteiger partial charge in [0.2, 0.25) is 5.91 Å². The molecule has 1 saturated heterocycles. The third-order valence-corrected chi connectivity index (χ3v) is 5.81. The van der Waals surface area contributed by atoms with Crippen LogP contribution in [-0.2, 0) is 11.3 Å². The van der Waals surface area contributed by atoms with Crippen molar-refractivity contribution < 1.29 is 9.59 Å². The molecule has 1 aromatic carbocycles. The van der Waals surface area contributed by atoms with Gasteiger partial charge in [-0.1, -0.05) is 29.8 Å². The zero-order chi connectivity index (χ0) is 19.2. The van der Waals surface area contributed by atoms with Gasteiger partial charge in [0.1, 0.15) is 0 Å². The Morgan fingerprint density at radius 2 is 2.07 bits per heavy atom. The lowest BCUT2D eigenvalue weighted by atomic mass is 9.95. The van der Waals surface area contributed by atoms with E-state index >= 15 is 0 Å². The van der Waals surface area contributed by atoms with E-state index in [1.54, 1.807) is 17.4 Å². The van der Waals surface area contributed by atoms with Gasteiger partial charge in [-0.2, -0.15) is 0 Å². The van der Waals surface area contributed by atoms with Crippen LogP contribution in [0.25, 0.3) is 0 Å². The highest BCUT2D eigenvalue weighted by Crippen LogP contribution is 2.22. The molecular formula is C22H26N2O2S. The average Bonchev–Trinajstić information content (AvgIpc) is 3.20. The van der Waals surface area contributed by atoms with Crippen LogP contribution in [0.2, 0.25) is 0 Å². The molecule has 2 amide bonds. The summed E-state index contributed by atoms with van der Waals surface area (Å²) in [6.07, 6.45) is 3.45. The number of hydrogen-bond acceptors (Lipinski definition) is 3. The third-order valence-electron chi connectivity index (χ3n) is 4.94. The van der Waals surface area contributed by atoms with Crippen LogP contribution in [0.1, 0.15) is 33.6 Å². The molecule has 1 aromatic heterocycles. The average molecular weight is 383 g/mol. The molecule has 1 aliphatic heterocycles. The minimum atomic E-state index is -0.145. The molecule has 2 aromatic rings. The summed E-state index contributed by atoms with van der Waals surface area (Å²) in [4.78, 5) is 30.8. The van der Waals surface area contributed by atoms with E-state index in [4.69, 9.17) is 0 Å². The third kappa shape index (κ3) is 4.86. The summed E-state index contributed by atoms with van der Waals surface area (Å²) < 4.78 is 0. The van der Waals surface area contributed by atoms with E-state index in [1.165, 1.54) is 0 Å². The van der Waals surface area contributed by atoms with Crippen molar-refractivity contribution in [1.82, 2.24) is 9.80 Å². The molecular weight excluding hydrogens is 356 g/mol. The molecule has 0 bridgehead atoms. The molecule has 0 spiro atoms. The van der Waals surface area contributed by atoms with Crippen LogP contribution < -0.4 is 0 Å². The summed E-state index contributed by atoms with van der Waals surface area (Å²) in [6, 6.07) is 11.7. The summed E-state index contributed by atoms with van der Waals surface area (Å²) >= 11 is 1.65. The molecule has 0 radical (unpaired) electrons. The highest BCUT2D eigenvalue weighted by Gasteiger charge is 2.31. The molecule has 1 atom stereocenters.